The minimum atomic E-state index is -3.88. The van der Waals surface area contributed by atoms with Gasteiger partial charge < -0.3 is 39.4 Å². The predicted molar refractivity (Wildman–Crippen MR) is 124 cm³/mol. The van der Waals surface area contributed by atoms with Crippen LogP contribution in [0.25, 0.3) is 0 Å². The molecule has 1 aliphatic rings. The van der Waals surface area contributed by atoms with E-state index in [4.69, 9.17) is 29.5 Å². The number of carbonyl (C=O) groups is 2. The summed E-state index contributed by atoms with van der Waals surface area (Å²) in [4.78, 5) is 19.8. The van der Waals surface area contributed by atoms with Crippen LogP contribution in [0, 0.1) is 0 Å². The maximum absolute atomic E-state index is 10.4. The molecule has 2 aromatic rings. The lowest BCUT2D eigenvalue weighted by Gasteiger charge is -2.32. The number of amides is 1. The van der Waals surface area contributed by atoms with Gasteiger partial charge in [-0.05, 0) is 39.8 Å². The van der Waals surface area contributed by atoms with Gasteiger partial charge in [-0.3, -0.25) is 9.59 Å². The van der Waals surface area contributed by atoms with Crippen molar-refractivity contribution >= 4 is 63.5 Å². The molecule has 188 valence electrons. The topological polar surface area (TPSA) is 223 Å². The Hall–Kier alpha value is -2.46. The second-order valence-electron chi connectivity index (χ2n) is 7.43. The molecule has 1 aliphatic heterocycles. The number of hydrogen-bond acceptors (Lipinski definition) is 10. The summed E-state index contributed by atoms with van der Waals surface area (Å²) in [5.74, 6) is -0.829. The van der Waals surface area contributed by atoms with Crippen molar-refractivity contribution in [3.05, 3.63) is 36.7 Å². The number of rotatable bonds is 5. The van der Waals surface area contributed by atoms with E-state index in [2.05, 4.69) is 19.5 Å². The van der Waals surface area contributed by atoms with Crippen LogP contribution in [0.1, 0.15) is 38.2 Å². The number of nitrogens with two attached hydrogens (primary N) is 1. The summed E-state index contributed by atoms with van der Waals surface area (Å²) in [6.45, 7) is 8.14. The van der Waals surface area contributed by atoms with Crippen LogP contribution in [-0.4, -0.2) is 67.8 Å². The minimum Gasteiger partial charge on any atom is -0.473 e. The average Bonchev–Trinajstić information content (AvgIpc) is 3.40. The Kier molecular flexibility index (Phi) is 11.9. The van der Waals surface area contributed by atoms with Crippen molar-refractivity contribution in [3.63, 3.8) is 0 Å². The molecule has 0 saturated carbocycles. The highest BCUT2D eigenvalue weighted by molar-refractivity contribution is 8.12. The number of furan rings is 2. The van der Waals surface area contributed by atoms with Gasteiger partial charge in [-0.25, -0.2) is 0 Å². The standard InChI is InChI=1S/C10H15BO3.C5H6BNO4.C2H2ClNO3S.H2O/c1-9(2)10(3,4)14-11(13-9)8-5-6-12-7-8;7-5(8)4-1-3(2-11-4)6(9)10;3-8(6,7)4-1-2-5;/h5-7H,1-4H3;1-2,9-10H,(H2,7,8);1-2H;1H2. The third-order valence-electron chi connectivity index (χ3n) is 4.48. The fraction of sp³-hybridized carbons (Fsp3) is 0.353. The Bertz CT molecular complexity index is 1040. The Morgan fingerprint density at radius 2 is 1.76 bits per heavy atom. The lowest BCUT2D eigenvalue weighted by molar-refractivity contribution is -0.102. The van der Waals surface area contributed by atoms with Crippen LogP contribution < -0.4 is 16.7 Å². The molecule has 0 aromatic carbocycles. The van der Waals surface area contributed by atoms with Gasteiger partial charge in [0.15, 0.2) is 12.0 Å². The molecular formula is C17H25B2ClN2O11S. The van der Waals surface area contributed by atoms with Crippen LogP contribution in [-0.2, 0) is 23.3 Å². The van der Waals surface area contributed by atoms with Crippen molar-refractivity contribution in [1.29, 1.82) is 0 Å². The largest absolute Gasteiger partial charge is 0.498 e. The minimum absolute atomic E-state index is 0. The smallest absolute Gasteiger partial charge is 0.473 e. The molecule has 0 unspecified atom stereocenters. The quantitative estimate of drug-likeness (QED) is 0.179. The monoisotopic (exact) mass is 522 g/mol. The molecule has 34 heavy (non-hydrogen) atoms. The number of hydrogen-bond donors (Lipinski definition) is 3. The SMILES string of the molecule is CC1(C)OB(c2ccoc2)OC1(C)C.NC(=O)c1cc(B(O)O)co1.O.O=CC=NS(=O)(=O)Cl. The van der Waals surface area contributed by atoms with Crippen LogP contribution in [0.3, 0.4) is 0 Å². The molecule has 1 amide bonds. The van der Waals surface area contributed by atoms with Crippen LogP contribution >= 0.6 is 10.7 Å². The van der Waals surface area contributed by atoms with Crippen LogP contribution in [0.4, 0.5) is 0 Å². The van der Waals surface area contributed by atoms with E-state index in [-0.39, 0.29) is 41.3 Å². The number of carbonyl (C=O) groups excluding carboxylic acids is 2. The Morgan fingerprint density at radius 3 is 2.06 bits per heavy atom. The highest BCUT2D eigenvalue weighted by Gasteiger charge is 2.51. The molecule has 3 rings (SSSR count). The van der Waals surface area contributed by atoms with Gasteiger partial charge in [-0.2, -0.15) is 12.8 Å². The highest BCUT2D eigenvalue weighted by atomic mass is 35.7. The molecule has 0 radical (unpaired) electrons. The molecule has 2 aromatic heterocycles. The van der Waals surface area contributed by atoms with Gasteiger partial charge in [0.05, 0.1) is 36.2 Å². The number of nitrogens with zero attached hydrogens (tertiary/aromatic N) is 1. The fourth-order valence-electron chi connectivity index (χ4n) is 2.10. The van der Waals surface area contributed by atoms with E-state index < -0.39 is 22.3 Å². The molecule has 0 bridgehead atoms. The van der Waals surface area contributed by atoms with E-state index in [0.717, 1.165) is 11.7 Å². The van der Waals surface area contributed by atoms with Crippen molar-refractivity contribution in [2.75, 3.05) is 0 Å². The zero-order chi connectivity index (χ0) is 25.4. The van der Waals surface area contributed by atoms with Gasteiger partial charge in [0, 0.05) is 21.6 Å². The molecule has 0 spiro atoms. The average molecular weight is 523 g/mol. The first-order valence-electron chi connectivity index (χ1n) is 9.15. The van der Waals surface area contributed by atoms with Crippen molar-refractivity contribution in [2.45, 2.75) is 38.9 Å². The first kappa shape index (κ1) is 31.5. The lowest BCUT2D eigenvalue weighted by Crippen LogP contribution is -2.41. The molecule has 1 fully saturated rings. The maximum atomic E-state index is 10.4. The predicted octanol–water partition coefficient (Wildman–Crippen LogP) is -1.45. The van der Waals surface area contributed by atoms with Crippen LogP contribution in [0.5, 0.6) is 0 Å². The van der Waals surface area contributed by atoms with Crippen molar-refractivity contribution < 1.29 is 51.7 Å². The Balaban J connectivity index is 0.000000494. The summed E-state index contributed by atoms with van der Waals surface area (Å²) >= 11 is 0. The van der Waals surface area contributed by atoms with E-state index in [1.165, 1.54) is 6.07 Å². The molecular weight excluding hydrogens is 497 g/mol. The first-order valence-corrected chi connectivity index (χ1v) is 11.4. The lowest BCUT2D eigenvalue weighted by atomic mass is 9.81. The Labute approximate surface area is 201 Å². The molecule has 1 saturated heterocycles. The van der Waals surface area contributed by atoms with Gasteiger partial charge in [-0.1, -0.05) is 0 Å². The first-order chi connectivity index (χ1) is 15.1. The van der Waals surface area contributed by atoms with E-state index >= 15 is 0 Å². The number of primary amides is 1. The van der Waals surface area contributed by atoms with Gasteiger partial charge in [-0.15, -0.1) is 0 Å². The summed E-state index contributed by atoms with van der Waals surface area (Å²) in [6.07, 6.45) is 5.12. The summed E-state index contributed by atoms with van der Waals surface area (Å²) in [6, 6.07) is 3.04. The van der Waals surface area contributed by atoms with E-state index in [9.17, 15) is 18.0 Å². The van der Waals surface area contributed by atoms with Crippen molar-refractivity contribution in [1.82, 2.24) is 0 Å². The summed E-state index contributed by atoms with van der Waals surface area (Å²) in [7, 11) is -1.29. The summed E-state index contributed by atoms with van der Waals surface area (Å²) < 4.78 is 43.5. The van der Waals surface area contributed by atoms with E-state index in [0.29, 0.717) is 6.21 Å². The van der Waals surface area contributed by atoms with E-state index in [1.54, 1.807) is 12.5 Å². The van der Waals surface area contributed by atoms with Crippen molar-refractivity contribution in [3.8, 4) is 0 Å². The fourth-order valence-corrected chi connectivity index (χ4v) is 2.43. The van der Waals surface area contributed by atoms with Gasteiger partial charge in [0.2, 0.25) is 0 Å². The molecule has 6 N–H and O–H groups in total. The highest BCUT2D eigenvalue weighted by Crippen LogP contribution is 2.36. The van der Waals surface area contributed by atoms with E-state index in [1.807, 2.05) is 33.8 Å². The molecule has 0 aliphatic carbocycles. The second-order valence-corrected chi connectivity index (χ2v) is 9.63. The zero-order valence-corrected chi connectivity index (χ0v) is 20.2. The third-order valence-corrected chi connectivity index (χ3v) is 5.09. The van der Waals surface area contributed by atoms with Crippen LogP contribution in [0.2, 0.25) is 0 Å². The van der Waals surface area contributed by atoms with Gasteiger partial charge in [0.1, 0.15) is 0 Å². The Morgan fingerprint density at radius 1 is 1.21 bits per heavy atom. The number of halogens is 1. The summed E-state index contributed by atoms with van der Waals surface area (Å²) in [5.41, 5.74) is 5.31. The maximum Gasteiger partial charge on any atom is 0.498 e. The van der Waals surface area contributed by atoms with Gasteiger partial charge in [0.25, 0.3) is 5.91 Å². The summed E-state index contributed by atoms with van der Waals surface area (Å²) in [5, 5.41) is 17.1. The third kappa shape index (κ3) is 9.80. The molecule has 17 heteroatoms. The number of aldehydes is 1. The molecule has 3 heterocycles. The normalized spacial score (nSPS) is 15.9. The zero-order valence-electron chi connectivity index (χ0n) is 18.7. The second kappa shape index (κ2) is 12.8. The van der Waals surface area contributed by atoms with Crippen LogP contribution in [0.15, 0.2) is 44.2 Å². The molecule has 0 atom stereocenters. The van der Waals surface area contributed by atoms with Gasteiger partial charge >= 0.3 is 23.5 Å². The van der Waals surface area contributed by atoms with Crippen molar-refractivity contribution in [2.24, 2.45) is 10.1 Å². The molecule has 13 nitrogen and oxygen atoms in total.